The van der Waals surface area contributed by atoms with Crippen LogP contribution in [0.4, 0.5) is 0 Å². The van der Waals surface area contributed by atoms with E-state index in [0.29, 0.717) is 18.3 Å². The van der Waals surface area contributed by atoms with Crippen molar-refractivity contribution in [1.29, 1.82) is 5.26 Å². The number of nitrogens with zero attached hydrogens (tertiary/aromatic N) is 4. The number of rotatable bonds is 8. The molecule has 0 spiro atoms. The van der Waals surface area contributed by atoms with E-state index < -0.39 is 0 Å². The molecule has 0 aliphatic heterocycles. The number of nitriles is 1. The second kappa shape index (κ2) is 7.90. The lowest BCUT2D eigenvalue weighted by molar-refractivity contribution is 0.250. The Kier molecular flexibility index (Phi) is 6.51. The first-order chi connectivity index (χ1) is 9.08. The molecular weight excluding hydrogens is 240 g/mol. The molecule has 1 rings (SSSR count). The van der Waals surface area contributed by atoms with Gasteiger partial charge in [-0.05, 0) is 31.1 Å². The fraction of sp³-hybridized carbons (Fsp3) is 0.786. The third-order valence-corrected chi connectivity index (χ3v) is 3.23. The molecule has 1 aromatic rings. The molecule has 0 aromatic carbocycles. The Morgan fingerprint density at radius 3 is 2.63 bits per heavy atom. The Bertz CT molecular complexity index is 420. The minimum Gasteiger partial charge on any atom is -0.396 e. The average molecular weight is 264 g/mol. The Morgan fingerprint density at radius 2 is 2.05 bits per heavy atom. The van der Waals surface area contributed by atoms with Gasteiger partial charge in [-0.25, -0.2) is 4.68 Å². The number of hydrogen-bond acceptors (Lipinski definition) is 4. The molecule has 0 saturated carbocycles. The van der Waals surface area contributed by atoms with Gasteiger partial charge in [0.05, 0.1) is 23.9 Å². The van der Waals surface area contributed by atoms with E-state index in [0.717, 1.165) is 37.2 Å². The Hall–Kier alpha value is -1.41. The van der Waals surface area contributed by atoms with E-state index in [-0.39, 0.29) is 6.61 Å². The molecule has 0 amide bonds. The number of aliphatic hydroxyl groups excluding tert-OH is 1. The van der Waals surface area contributed by atoms with Crippen LogP contribution in [0.5, 0.6) is 0 Å². The van der Waals surface area contributed by atoms with E-state index in [1.807, 2.05) is 4.68 Å². The summed E-state index contributed by atoms with van der Waals surface area (Å²) in [5, 5.41) is 26.1. The molecule has 0 aliphatic carbocycles. The van der Waals surface area contributed by atoms with Gasteiger partial charge in [-0.15, -0.1) is 5.10 Å². The van der Waals surface area contributed by atoms with Gasteiger partial charge < -0.3 is 5.11 Å². The maximum Gasteiger partial charge on any atom is 0.0999 e. The van der Waals surface area contributed by atoms with Crippen molar-refractivity contribution in [3.8, 4) is 6.07 Å². The highest BCUT2D eigenvalue weighted by Crippen LogP contribution is 2.15. The lowest BCUT2D eigenvalue weighted by Crippen LogP contribution is -2.14. The van der Waals surface area contributed by atoms with Crippen LogP contribution in [-0.2, 0) is 19.4 Å². The summed E-state index contributed by atoms with van der Waals surface area (Å²) in [6.45, 7) is 7.42. The number of aliphatic hydroxyl groups is 1. The van der Waals surface area contributed by atoms with Gasteiger partial charge in [0.15, 0.2) is 0 Å². The van der Waals surface area contributed by atoms with Crippen molar-refractivity contribution in [3.05, 3.63) is 11.4 Å². The van der Waals surface area contributed by atoms with Crippen LogP contribution in [0, 0.1) is 23.2 Å². The third-order valence-electron chi connectivity index (χ3n) is 3.23. The molecule has 0 saturated heterocycles. The van der Waals surface area contributed by atoms with E-state index in [1.54, 1.807) is 0 Å². The van der Waals surface area contributed by atoms with Crippen molar-refractivity contribution in [3.63, 3.8) is 0 Å². The zero-order valence-electron chi connectivity index (χ0n) is 12.1. The smallest absolute Gasteiger partial charge is 0.0999 e. The van der Waals surface area contributed by atoms with Crippen molar-refractivity contribution >= 4 is 0 Å². The predicted molar refractivity (Wildman–Crippen MR) is 73.4 cm³/mol. The van der Waals surface area contributed by atoms with Gasteiger partial charge in [0.1, 0.15) is 0 Å². The first-order valence-corrected chi connectivity index (χ1v) is 6.97. The van der Waals surface area contributed by atoms with Gasteiger partial charge in [0.25, 0.3) is 0 Å². The molecule has 0 bridgehead atoms. The van der Waals surface area contributed by atoms with Crippen LogP contribution >= 0.6 is 0 Å². The second-order valence-corrected chi connectivity index (χ2v) is 5.55. The molecule has 1 atom stereocenters. The zero-order valence-corrected chi connectivity index (χ0v) is 12.1. The minimum absolute atomic E-state index is 0.197. The maximum absolute atomic E-state index is 8.96. The third kappa shape index (κ3) is 4.99. The van der Waals surface area contributed by atoms with Crippen molar-refractivity contribution < 1.29 is 5.11 Å². The molecule has 1 N–H and O–H groups in total. The molecule has 1 unspecified atom stereocenters. The predicted octanol–water partition coefficient (Wildman–Crippen LogP) is 1.95. The van der Waals surface area contributed by atoms with Crippen LogP contribution in [0.25, 0.3) is 0 Å². The first-order valence-electron chi connectivity index (χ1n) is 6.97. The van der Waals surface area contributed by atoms with Crippen LogP contribution in [-0.4, -0.2) is 26.7 Å². The van der Waals surface area contributed by atoms with Crippen LogP contribution in [0.1, 0.15) is 45.0 Å². The first kappa shape index (κ1) is 15.6. The monoisotopic (exact) mass is 264 g/mol. The van der Waals surface area contributed by atoms with Crippen LogP contribution in [0.2, 0.25) is 0 Å². The molecule has 5 nitrogen and oxygen atoms in total. The normalized spacial score (nSPS) is 12.6. The second-order valence-electron chi connectivity index (χ2n) is 5.55. The molecule has 0 fully saturated rings. The SMILES string of the molecule is CC(C)CCc1c(CC#N)nnn1CC(C)CCO. The van der Waals surface area contributed by atoms with E-state index in [2.05, 4.69) is 37.2 Å². The highest BCUT2D eigenvalue weighted by molar-refractivity contribution is 5.14. The van der Waals surface area contributed by atoms with Gasteiger partial charge in [-0.1, -0.05) is 26.0 Å². The molecule has 1 aromatic heterocycles. The van der Waals surface area contributed by atoms with Crippen molar-refractivity contribution in [1.82, 2.24) is 15.0 Å². The molecule has 19 heavy (non-hydrogen) atoms. The van der Waals surface area contributed by atoms with E-state index in [4.69, 9.17) is 10.4 Å². The standard InChI is InChI=1S/C14H24N4O/c1-11(2)4-5-14-13(6-8-15)16-17-18(14)10-12(3)7-9-19/h11-12,19H,4-7,9-10H2,1-3H3. The summed E-state index contributed by atoms with van der Waals surface area (Å²) in [6.07, 6.45) is 3.06. The van der Waals surface area contributed by atoms with E-state index >= 15 is 0 Å². The average Bonchev–Trinajstić information content (AvgIpc) is 2.70. The largest absolute Gasteiger partial charge is 0.396 e. The van der Waals surface area contributed by atoms with Crippen LogP contribution in [0.15, 0.2) is 0 Å². The van der Waals surface area contributed by atoms with E-state index in [1.165, 1.54) is 0 Å². The summed E-state index contributed by atoms with van der Waals surface area (Å²) in [7, 11) is 0. The van der Waals surface area contributed by atoms with Gasteiger partial charge in [-0.3, -0.25) is 0 Å². The summed E-state index contributed by atoms with van der Waals surface area (Å²) >= 11 is 0. The molecule has 106 valence electrons. The lowest BCUT2D eigenvalue weighted by atomic mass is 10.0. The fourth-order valence-corrected chi connectivity index (χ4v) is 2.03. The van der Waals surface area contributed by atoms with E-state index in [9.17, 15) is 0 Å². The molecular formula is C14H24N4O. The Labute approximate surface area is 115 Å². The van der Waals surface area contributed by atoms with Gasteiger partial charge in [0, 0.05) is 13.2 Å². The summed E-state index contributed by atoms with van der Waals surface area (Å²) in [5.41, 5.74) is 1.89. The Balaban J connectivity index is 2.81. The molecule has 5 heteroatoms. The zero-order chi connectivity index (χ0) is 14.3. The topological polar surface area (TPSA) is 74.7 Å². The highest BCUT2D eigenvalue weighted by atomic mass is 16.3. The summed E-state index contributed by atoms with van der Waals surface area (Å²) in [4.78, 5) is 0. The van der Waals surface area contributed by atoms with Crippen LogP contribution < -0.4 is 0 Å². The van der Waals surface area contributed by atoms with Gasteiger partial charge >= 0.3 is 0 Å². The summed E-state index contributed by atoms with van der Waals surface area (Å²) in [5.74, 6) is 0.979. The number of hydrogen-bond donors (Lipinski definition) is 1. The quantitative estimate of drug-likeness (QED) is 0.778. The Morgan fingerprint density at radius 1 is 1.32 bits per heavy atom. The van der Waals surface area contributed by atoms with Crippen molar-refractivity contribution in [2.45, 2.75) is 53.0 Å². The van der Waals surface area contributed by atoms with Gasteiger partial charge in [0.2, 0.25) is 0 Å². The highest BCUT2D eigenvalue weighted by Gasteiger charge is 2.15. The number of aromatic nitrogens is 3. The lowest BCUT2D eigenvalue weighted by Gasteiger charge is -2.13. The molecule has 0 radical (unpaired) electrons. The van der Waals surface area contributed by atoms with Crippen molar-refractivity contribution in [2.24, 2.45) is 11.8 Å². The fourth-order valence-electron chi connectivity index (χ4n) is 2.03. The summed E-state index contributed by atoms with van der Waals surface area (Å²) < 4.78 is 1.91. The summed E-state index contributed by atoms with van der Waals surface area (Å²) in [6, 6.07) is 2.15. The molecule has 1 heterocycles. The maximum atomic E-state index is 8.96. The van der Waals surface area contributed by atoms with Gasteiger partial charge in [-0.2, -0.15) is 5.26 Å². The van der Waals surface area contributed by atoms with Crippen LogP contribution in [0.3, 0.4) is 0 Å². The minimum atomic E-state index is 0.197. The van der Waals surface area contributed by atoms with Crippen molar-refractivity contribution in [2.75, 3.05) is 6.61 Å². The molecule has 0 aliphatic rings.